The monoisotopic (exact) mass is 362 g/mol. The van der Waals surface area contributed by atoms with Gasteiger partial charge in [-0.15, -0.1) is 0 Å². The summed E-state index contributed by atoms with van der Waals surface area (Å²) in [5.41, 5.74) is 1.59. The lowest BCUT2D eigenvalue weighted by molar-refractivity contribution is -0.122. The van der Waals surface area contributed by atoms with Gasteiger partial charge in [-0.1, -0.05) is 48.5 Å². The van der Waals surface area contributed by atoms with E-state index in [2.05, 4.69) is 15.7 Å². The Bertz CT molecular complexity index is 1010. The Balaban J connectivity index is 1.62. The fraction of sp³-hybridized carbons (Fsp3) is 0.286. The Kier molecular flexibility index (Phi) is 4.98. The van der Waals surface area contributed by atoms with E-state index in [0.717, 1.165) is 36.0 Å². The third-order valence-corrected chi connectivity index (χ3v) is 4.91. The van der Waals surface area contributed by atoms with Gasteiger partial charge in [0.15, 0.2) is 0 Å². The van der Waals surface area contributed by atoms with Crippen LogP contribution in [0.15, 0.2) is 59.4 Å². The first-order valence-corrected chi connectivity index (χ1v) is 9.30. The number of rotatable bonds is 5. The maximum Gasteiger partial charge on any atom is 0.274 e. The number of carbonyl (C=O) groups excluding carboxylic acids is 1. The van der Waals surface area contributed by atoms with E-state index in [1.54, 1.807) is 0 Å². The molecular formula is C21H22N4O2. The second-order valence-corrected chi connectivity index (χ2v) is 6.73. The summed E-state index contributed by atoms with van der Waals surface area (Å²) in [6.07, 6.45) is 1.88. The smallest absolute Gasteiger partial charge is 0.274 e. The first-order chi connectivity index (χ1) is 13.2. The molecule has 2 N–H and O–H groups in total. The summed E-state index contributed by atoms with van der Waals surface area (Å²) in [5, 5.41) is 12.2. The van der Waals surface area contributed by atoms with Crippen LogP contribution in [0.4, 0.5) is 0 Å². The Hall–Kier alpha value is -2.99. The SMILES string of the molecule is O=C(NCCn1nc(-c2ccccc2)c2ccccc2c1=O)[C@@H]1CCCN1. The van der Waals surface area contributed by atoms with Crippen LogP contribution in [0.3, 0.4) is 0 Å². The minimum atomic E-state index is -0.140. The summed E-state index contributed by atoms with van der Waals surface area (Å²) >= 11 is 0. The highest BCUT2D eigenvalue weighted by Crippen LogP contribution is 2.24. The van der Waals surface area contributed by atoms with Crippen LogP contribution in [0.5, 0.6) is 0 Å². The van der Waals surface area contributed by atoms with Crippen molar-refractivity contribution in [2.75, 3.05) is 13.1 Å². The highest BCUT2D eigenvalue weighted by atomic mass is 16.2. The minimum absolute atomic E-state index is 0.00961. The van der Waals surface area contributed by atoms with E-state index in [4.69, 9.17) is 0 Å². The zero-order valence-corrected chi connectivity index (χ0v) is 15.0. The molecule has 6 nitrogen and oxygen atoms in total. The fourth-order valence-electron chi connectivity index (χ4n) is 3.51. The average Bonchev–Trinajstić information content (AvgIpc) is 3.25. The molecule has 3 aromatic rings. The molecular weight excluding hydrogens is 340 g/mol. The van der Waals surface area contributed by atoms with Crippen LogP contribution in [-0.4, -0.2) is 34.8 Å². The quantitative estimate of drug-likeness (QED) is 0.727. The lowest BCUT2D eigenvalue weighted by atomic mass is 10.1. The molecule has 0 aliphatic carbocycles. The fourth-order valence-corrected chi connectivity index (χ4v) is 3.51. The number of aromatic nitrogens is 2. The van der Waals surface area contributed by atoms with Crippen LogP contribution in [0, 0.1) is 0 Å². The van der Waals surface area contributed by atoms with Crippen LogP contribution >= 0.6 is 0 Å². The average molecular weight is 362 g/mol. The third-order valence-electron chi connectivity index (χ3n) is 4.91. The Morgan fingerprint density at radius 1 is 1.11 bits per heavy atom. The molecule has 27 heavy (non-hydrogen) atoms. The van der Waals surface area contributed by atoms with Gasteiger partial charge < -0.3 is 10.6 Å². The lowest BCUT2D eigenvalue weighted by Gasteiger charge is -2.13. The molecule has 0 bridgehead atoms. The summed E-state index contributed by atoms with van der Waals surface area (Å²) in [4.78, 5) is 25.0. The molecule has 4 rings (SSSR count). The Morgan fingerprint density at radius 2 is 1.85 bits per heavy atom. The molecule has 1 aliphatic heterocycles. The molecule has 6 heteroatoms. The van der Waals surface area contributed by atoms with Crippen LogP contribution in [0.25, 0.3) is 22.0 Å². The van der Waals surface area contributed by atoms with Crippen LogP contribution in [0.1, 0.15) is 12.8 Å². The van der Waals surface area contributed by atoms with Gasteiger partial charge in [0.2, 0.25) is 5.91 Å². The van der Waals surface area contributed by atoms with Crippen molar-refractivity contribution in [3.05, 3.63) is 65.0 Å². The summed E-state index contributed by atoms with van der Waals surface area (Å²) in [6.45, 7) is 1.59. The molecule has 0 spiro atoms. The molecule has 1 saturated heterocycles. The van der Waals surface area contributed by atoms with Gasteiger partial charge in [0.05, 0.1) is 23.7 Å². The van der Waals surface area contributed by atoms with Crippen molar-refractivity contribution in [1.29, 1.82) is 0 Å². The zero-order valence-electron chi connectivity index (χ0n) is 15.0. The van der Waals surface area contributed by atoms with E-state index in [0.29, 0.717) is 18.5 Å². The molecule has 0 radical (unpaired) electrons. The first-order valence-electron chi connectivity index (χ1n) is 9.30. The number of fused-ring (bicyclic) bond motifs is 1. The number of nitrogens with one attached hydrogen (secondary N) is 2. The Morgan fingerprint density at radius 3 is 2.59 bits per heavy atom. The molecule has 2 heterocycles. The largest absolute Gasteiger partial charge is 0.353 e. The van der Waals surface area contributed by atoms with Crippen molar-refractivity contribution >= 4 is 16.7 Å². The maximum atomic E-state index is 12.8. The number of hydrogen-bond donors (Lipinski definition) is 2. The van der Waals surface area contributed by atoms with E-state index >= 15 is 0 Å². The molecule has 1 amide bonds. The number of amides is 1. The number of hydrogen-bond acceptors (Lipinski definition) is 4. The Labute approximate surface area is 157 Å². The van der Waals surface area contributed by atoms with Crippen molar-refractivity contribution < 1.29 is 4.79 Å². The summed E-state index contributed by atoms with van der Waals surface area (Å²) in [5.74, 6) is -0.00961. The van der Waals surface area contributed by atoms with E-state index in [1.807, 2.05) is 54.6 Å². The summed E-state index contributed by atoms with van der Waals surface area (Å²) in [6, 6.07) is 17.2. The second kappa shape index (κ2) is 7.72. The number of benzene rings is 2. The molecule has 1 atom stereocenters. The van der Waals surface area contributed by atoms with Gasteiger partial charge in [-0.3, -0.25) is 9.59 Å². The predicted octanol–water partition coefficient (Wildman–Crippen LogP) is 1.93. The third kappa shape index (κ3) is 3.61. The van der Waals surface area contributed by atoms with Crippen LogP contribution < -0.4 is 16.2 Å². The van der Waals surface area contributed by atoms with Gasteiger partial charge in [0.25, 0.3) is 5.56 Å². The van der Waals surface area contributed by atoms with Gasteiger partial charge in [0.1, 0.15) is 0 Å². The summed E-state index contributed by atoms with van der Waals surface area (Å²) < 4.78 is 1.45. The van der Waals surface area contributed by atoms with Gasteiger partial charge in [-0.05, 0) is 25.5 Å². The first kappa shape index (κ1) is 17.4. The highest BCUT2D eigenvalue weighted by Gasteiger charge is 2.21. The van der Waals surface area contributed by atoms with Crippen LogP contribution in [-0.2, 0) is 11.3 Å². The highest BCUT2D eigenvalue weighted by molar-refractivity contribution is 5.93. The molecule has 1 fully saturated rings. The molecule has 1 aliphatic rings. The molecule has 0 saturated carbocycles. The number of carbonyl (C=O) groups is 1. The molecule has 1 aromatic heterocycles. The van der Waals surface area contributed by atoms with Gasteiger partial charge in [-0.2, -0.15) is 5.10 Å². The maximum absolute atomic E-state index is 12.8. The van der Waals surface area contributed by atoms with E-state index in [1.165, 1.54) is 4.68 Å². The predicted molar refractivity (Wildman–Crippen MR) is 105 cm³/mol. The lowest BCUT2D eigenvalue weighted by Crippen LogP contribution is -2.42. The van der Waals surface area contributed by atoms with E-state index < -0.39 is 0 Å². The van der Waals surface area contributed by atoms with Gasteiger partial charge in [-0.25, -0.2) is 4.68 Å². The van der Waals surface area contributed by atoms with Crippen molar-refractivity contribution in [3.63, 3.8) is 0 Å². The minimum Gasteiger partial charge on any atom is -0.353 e. The summed E-state index contributed by atoms with van der Waals surface area (Å²) in [7, 11) is 0. The molecule has 138 valence electrons. The van der Waals surface area contributed by atoms with E-state index in [-0.39, 0.29) is 17.5 Å². The molecule has 0 unspecified atom stereocenters. The van der Waals surface area contributed by atoms with Crippen molar-refractivity contribution in [3.8, 4) is 11.3 Å². The standard InChI is InChI=1S/C21H22N4O2/c26-20(18-11-6-12-22-18)23-13-14-25-21(27)17-10-5-4-9-16(17)19(24-25)15-7-2-1-3-8-15/h1-5,7-10,18,22H,6,11-14H2,(H,23,26)/t18-/m0/s1. The zero-order chi connectivity index (χ0) is 18.6. The number of nitrogens with zero attached hydrogens (tertiary/aromatic N) is 2. The van der Waals surface area contributed by atoms with Crippen molar-refractivity contribution in [2.45, 2.75) is 25.4 Å². The van der Waals surface area contributed by atoms with Crippen molar-refractivity contribution in [1.82, 2.24) is 20.4 Å². The topological polar surface area (TPSA) is 76.0 Å². The second-order valence-electron chi connectivity index (χ2n) is 6.73. The van der Waals surface area contributed by atoms with Gasteiger partial charge in [0, 0.05) is 17.5 Å². The van der Waals surface area contributed by atoms with Crippen LogP contribution in [0.2, 0.25) is 0 Å². The molecule has 2 aromatic carbocycles. The van der Waals surface area contributed by atoms with Gasteiger partial charge >= 0.3 is 0 Å². The normalized spacial score (nSPS) is 16.5. The van der Waals surface area contributed by atoms with Crippen molar-refractivity contribution in [2.24, 2.45) is 0 Å². The van der Waals surface area contributed by atoms with E-state index in [9.17, 15) is 9.59 Å².